The second-order valence-corrected chi connectivity index (χ2v) is 12.0. The molecule has 1 aliphatic carbocycles. The van der Waals surface area contributed by atoms with Crippen LogP contribution >= 0.6 is 11.3 Å². The zero-order chi connectivity index (χ0) is 24.1. The smallest absolute Gasteiger partial charge is 0.284 e. The Bertz CT molecular complexity index is 1590. The van der Waals surface area contributed by atoms with E-state index in [4.69, 9.17) is 0 Å². The Morgan fingerprint density at radius 2 is 1.85 bits per heavy atom. The molecule has 0 unspecified atom stereocenters. The van der Waals surface area contributed by atoms with Gasteiger partial charge in [0.25, 0.3) is 15.6 Å². The van der Waals surface area contributed by atoms with Crippen LogP contribution in [0.5, 0.6) is 0 Å². The maximum absolute atomic E-state index is 13.5. The van der Waals surface area contributed by atoms with Gasteiger partial charge in [-0.15, -0.1) is 11.3 Å². The van der Waals surface area contributed by atoms with Gasteiger partial charge in [0.1, 0.15) is 9.04 Å². The van der Waals surface area contributed by atoms with Crippen LogP contribution in [0.15, 0.2) is 62.6 Å². The summed E-state index contributed by atoms with van der Waals surface area (Å²) in [5, 5.41) is 4.34. The van der Waals surface area contributed by atoms with Crippen LogP contribution in [0.3, 0.4) is 0 Å². The summed E-state index contributed by atoms with van der Waals surface area (Å²) in [5.41, 5.74) is 0.338. The molecule has 9 nitrogen and oxygen atoms in total. The van der Waals surface area contributed by atoms with E-state index in [2.05, 4.69) is 9.82 Å². The highest BCUT2D eigenvalue weighted by molar-refractivity contribution is 7.91. The molecule has 3 aromatic heterocycles. The van der Waals surface area contributed by atoms with Crippen LogP contribution in [0.4, 0.5) is 0 Å². The first-order valence-corrected chi connectivity index (χ1v) is 13.3. The standard InChI is InChI=1S/C23H25N5O4S2/c1-23(9-10-23)25-34(31,32)19-12-18-20(29)28(15-17-13-24-26(2)14-17)22(30)27(21(18)33-19)11-8-16-6-4-3-5-7-16/h3-7,12-14,25H,8-11,15H2,1-2H3. The summed E-state index contributed by atoms with van der Waals surface area (Å²) in [6, 6.07) is 11.1. The van der Waals surface area contributed by atoms with Crippen molar-refractivity contribution < 1.29 is 8.42 Å². The van der Waals surface area contributed by atoms with E-state index in [0.717, 1.165) is 34.3 Å². The molecule has 1 saturated carbocycles. The highest BCUT2D eigenvalue weighted by atomic mass is 32.2. The zero-order valence-electron chi connectivity index (χ0n) is 18.9. The third-order valence-corrected chi connectivity index (χ3v) is 9.35. The predicted octanol–water partition coefficient (Wildman–Crippen LogP) is 2.08. The summed E-state index contributed by atoms with van der Waals surface area (Å²) in [4.78, 5) is 27.2. The van der Waals surface area contributed by atoms with Crippen molar-refractivity contribution in [1.82, 2.24) is 23.6 Å². The van der Waals surface area contributed by atoms with Gasteiger partial charge >= 0.3 is 5.69 Å². The Labute approximate surface area is 200 Å². The Hall–Kier alpha value is -3.02. The second-order valence-electron chi connectivity index (χ2n) is 9.03. The highest BCUT2D eigenvalue weighted by Gasteiger charge is 2.41. The molecule has 1 aliphatic rings. The molecule has 0 radical (unpaired) electrons. The average molecular weight is 500 g/mol. The number of rotatable bonds is 8. The van der Waals surface area contributed by atoms with Crippen molar-refractivity contribution in [2.45, 2.75) is 49.0 Å². The number of nitrogens with one attached hydrogen (secondary N) is 1. The molecule has 0 aliphatic heterocycles. The number of hydrogen-bond acceptors (Lipinski definition) is 6. The number of aryl methyl sites for hydroxylation is 3. The average Bonchev–Trinajstić information content (AvgIpc) is 3.17. The maximum Gasteiger partial charge on any atom is 0.332 e. The van der Waals surface area contributed by atoms with Gasteiger partial charge in [0.15, 0.2) is 0 Å². The Morgan fingerprint density at radius 1 is 1.12 bits per heavy atom. The lowest BCUT2D eigenvalue weighted by Crippen LogP contribution is -2.40. The number of aromatic nitrogens is 4. The third kappa shape index (κ3) is 4.38. The number of fused-ring (bicyclic) bond motifs is 1. The van der Waals surface area contributed by atoms with Gasteiger partial charge in [0.05, 0.1) is 18.1 Å². The fraction of sp³-hybridized carbons (Fsp3) is 0.348. The molecule has 1 N–H and O–H groups in total. The molecule has 0 amide bonds. The zero-order valence-corrected chi connectivity index (χ0v) is 20.5. The van der Waals surface area contributed by atoms with Crippen LogP contribution in [0.2, 0.25) is 0 Å². The van der Waals surface area contributed by atoms with Crippen molar-refractivity contribution in [1.29, 1.82) is 0 Å². The van der Waals surface area contributed by atoms with E-state index in [1.54, 1.807) is 24.1 Å². The minimum atomic E-state index is -3.81. The first-order valence-electron chi connectivity index (χ1n) is 11.0. The van der Waals surface area contributed by atoms with Crippen LogP contribution in [-0.4, -0.2) is 32.9 Å². The Balaban J connectivity index is 1.63. The minimum absolute atomic E-state index is 0.0414. The van der Waals surface area contributed by atoms with E-state index < -0.39 is 26.8 Å². The lowest BCUT2D eigenvalue weighted by Gasteiger charge is -2.11. The van der Waals surface area contributed by atoms with E-state index >= 15 is 0 Å². The van der Waals surface area contributed by atoms with Gasteiger partial charge in [0, 0.05) is 30.9 Å². The monoisotopic (exact) mass is 499 g/mol. The predicted molar refractivity (Wildman–Crippen MR) is 131 cm³/mol. The van der Waals surface area contributed by atoms with E-state index in [0.29, 0.717) is 23.4 Å². The van der Waals surface area contributed by atoms with Gasteiger partial charge in [0.2, 0.25) is 0 Å². The molecule has 0 bridgehead atoms. The summed E-state index contributed by atoms with van der Waals surface area (Å²) in [6.45, 7) is 2.23. The van der Waals surface area contributed by atoms with E-state index in [-0.39, 0.29) is 16.1 Å². The fourth-order valence-electron chi connectivity index (χ4n) is 3.93. The van der Waals surface area contributed by atoms with E-state index in [1.807, 2.05) is 37.3 Å². The van der Waals surface area contributed by atoms with Gasteiger partial charge < -0.3 is 0 Å². The second kappa shape index (κ2) is 8.33. The summed E-state index contributed by atoms with van der Waals surface area (Å²) in [5.74, 6) is 0. The maximum atomic E-state index is 13.5. The van der Waals surface area contributed by atoms with Crippen LogP contribution < -0.4 is 16.0 Å². The molecule has 1 fully saturated rings. The van der Waals surface area contributed by atoms with Crippen LogP contribution in [-0.2, 0) is 36.6 Å². The van der Waals surface area contributed by atoms with Crippen molar-refractivity contribution in [2.24, 2.45) is 7.05 Å². The summed E-state index contributed by atoms with van der Waals surface area (Å²) >= 11 is 0.965. The normalized spacial score (nSPS) is 15.1. The van der Waals surface area contributed by atoms with E-state index in [9.17, 15) is 18.0 Å². The number of thiophene rings is 1. The largest absolute Gasteiger partial charge is 0.332 e. The number of hydrogen-bond donors (Lipinski definition) is 1. The number of nitrogens with zero attached hydrogens (tertiary/aromatic N) is 4. The summed E-state index contributed by atoms with van der Waals surface area (Å²) in [7, 11) is -2.05. The molecule has 11 heteroatoms. The van der Waals surface area contributed by atoms with Gasteiger partial charge in [-0.1, -0.05) is 30.3 Å². The molecule has 0 spiro atoms. The molecule has 0 saturated heterocycles. The van der Waals surface area contributed by atoms with Crippen molar-refractivity contribution >= 4 is 31.6 Å². The molecule has 5 rings (SSSR count). The SMILES string of the molecule is Cn1cc(Cn2c(=O)c3cc(S(=O)(=O)NC4(C)CC4)sc3n(CCc3ccccc3)c2=O)cn1. The highest BCUT2D eigenvalue weighted by Crippen LogP contribution is 2.37. The Morgan fingerprint density at radius 3 is 2.50 bits per heavy atom. The van der Waals surface area contributed by atoms with Gasteiger partial charge in [-0.05, 0) is 37.8 Å². The van der Waals surface area contributed by atoms with Gasteiger partial charge in [-0.2, -0.15) is 5.10 Å². The molecule has 4 aromatic rings. The minimum Gasteiger partial charge on any atom is -0.284 e. The summed E-state index contributed by atoms with van der Waals surface area (Å²) < 4.78 is 33.1. The summed E-state index contributed by atoms with van der Waals surface area (Å²) in [6.07, 6.45) is 5.47. The van der Waals surface area contributed by atoms with Crippen LogP contribution in [0, 0.1) is 0 Å². The van der Waals surface area contributed by atoms with Crippen LogP contribution in [0.25, 0.3) is 10.2 Å². The first-order chi connectivity index (χ1) is 16.2. The first kappa shape index (κ1) is 22.8. The Kier molecular flexibility index (Phi) is 5.58. The quantitative estimate of drug-likeness (QED) is 0.399. The third-order valence-electron chi connectivity index (χ3n) is 6.08. The molecule has 1 aromatic carbocycles. The molecule has 3 heterocycles. The van der Waals surface area contributed by atoms with Crippen molar-refractivity contribution in [2.75, 3.05) is 0 Å². The molecule has 0 atom stereocenters. The van der Waals surface area contributed by atoms with Crippen molar-refractivity contribution in [3.63, 3.8) is 0 Å². The molecular weight excluding hydrogens is 474 g/mol. The van der Waals surface area contributed by atoms with Gasteiger partial charge in [-0.3, -0.25) is 18.6 Å². The van der Waals surface area contributed by atoms with Gasteiger partial charge in [-0.25, -0.2) is 17.9 Å². The topological polar surface area (TPSA) is 108 Å². The number of sulfonamides is 1. The van der Waals surface area contributed by atoms with E-state index in [1.165, 1.54) is 10.6 Å². The van der Waals surface area contributed by atoms with Crippen molar-refractivity contribution in [3.05, 3.63) is 80.8 Å². The van der Waals surface area contributed by atoms with Crippen LogP contribution in [0.1, 0.15) is 30.9 Å². The number of benzene rings is 1. The lowest BCUT2D eigenvalue weighted by atomic mass is 10.1. The molecule has 34 heavy (non-hydrogen) atoms. The lowest BCUT2D eigenvalue weighted by molar-refractivity contribution is 0.560. The molecule has 178 valence electrons. The van der Waals surface area contributed by atoms with Crippen molar-refractivity contribution in [3.8, 4) is 0 Å². The molecular formula is C23H25N5O4S2. The fourth-order valence-corrected chi connectivity index (χ4v) is 6.86.